The number of aromatic carboxylic acids is 1. The topological polar surface area (TPSA) is 72.6 Å². The lowest BCUT2D eigenvalue weighted by atomic mass is 10.1. The summed E-state index contributed by atoms with van der Waals surface area (Å²) in [6, 6.07) is 2.38. The Kier molecular flexibility index (Phi) is 3.44. The first-order valence-corrected chi connectivity index (χ1v) is 5.56. The van der Waals surface area contributed by atoms with Gasteiger partial charge in [0.2, 0.25) is 5.76 Å². The van der Waals surface area contributed by atoms with Gasteiger partial charge in [-0.3, -0.25) is 0 Å². The molecule has 0 aliphatic rings. The smallest absolute Gasteiger partial charge is 0.374 e. The van der Waals surface area contributed by atoms with Crippen LogP contribution < -0.4 is 4.74 Å². The van der Waals surface area contributed by atoms with Gasteiger partial charge in [-0.05, 0) is 18.6 Å². The van der Waals surface area contributed by atoms with E-state index in [2.05, 4.69) is 9.68 Å². The summed E-state index contributed by atoms with van der Waals surface area (Å²) >= 11 is 5.89. The minimum absolute atomic E-state index is 0.0989. The van der Waals surface area contributed by atoms with Crippen LogP contribution in [0.3, 0.4) is 0 Å². The molecule has 5 nitrogen and oxygen atoms in total. The van der Waals surface area contributed by atoms with Crippen LogP contribution in [0.1, 0.15) is 16.1 Å². The zero-order valence-corrected chi connectivity index (χ0v) is 10.8. The molecular weight excluding hydrogens is 277 g/mol. The van der Waals surface area contributed by atoms with E-state index in [-0.39, 0.29) is 22.0 Å². The Labute approximate surface area is 112 Å². The fourth-order valence-corrected chi connectivity index (χ4v) is 1.96. The van der Waals surface area contributed by atoms with Gasteiger partial charge in [0.05, 0.1) is 17.7 Å². The molecule has 0 bridgehead atoms. The maximum Gasteiger partial charge on any atom is 0.374 e. The summed E-state index contributed by atoms with van der Waals surface area (Å²) in [5, 5.41) is 12.1. The van der Waals surface area contributed by atoms with E-state index in [1.807, 2.05) is 0 Å². The van der Waals surface area contributed by atoms with E-state index in [9.17, 15) is 9.18 Å². The zero-order chi connectivity index (χ0) is 14.2. The van der Waals surface area contributed by atoms with E-state index >= 15 is 0 Å². The number of hydrogen-bond acceptors (Lipinski definition) is 4. The summed E-state index contributed by atoms with van der Waals surface area (Å²) < 4.78 is 23.4. The van der Waals surface area contributed by atoms with Crippen LogP contribution in [-0.2, 0) is 0 Å². The second kappa shape index (κ2) is 4.89. The lowest BCUT2D eigenvalue weighted by Crippen LogP contribution is -1.95. The molecule has 7 heteroatoms. The van der Waals surface area contributed by atoms with Crippen molar-refractivity contribution in [3.8, 4) is 17.0 Å². The van der Waals surface area contributed by atoms with Crippen LogP contribution in [0.25, 0.3) is 11.3 Å². The van der Waals surface area contributed by atoms with Gasteiger partial charge in [0.1, 0.15) is 17.3 Å². The van der Waals surface area contributed by atoms with Crippen molar-refractivity contribution in [3.05, 3.63) is 34.3 Å². The summed E-state index contributed by atoms with van der Waals surface area (Å²) in [5.41, 5.74) is 0.777. The number of carbonyl (C=O) groups is 1. The van der Waals surface area contributed by atoms with E-state index in [1.165, 1.54) is 13.2 Å². The van der Waals surface area contributed by atoms with Gasteiger partial charge in [-0.2, -0.15) is 0 Å². The highest BCUT2D eigenvalue weighted by Gasteiger charge is 2.22. The van der Waals surface area contributed by atoms with E-state index < -0.39 is 11.8 Å². The Morgan fingerprint density at radius 2 is 2.21 bits per heavy atom. The SMILES string of the molecule is COc1c(C)cc(F)c(Cl)c1-c1cc(C(=O)O)on1. The maximum atomic E-state index is 13.6. The van der Waals surface area contributed by atoms with Gasteiger partial charge in [0.25, 0.3) is 0 Å². The first kappa shape index (κ1) is 13.4. The van der Waals surface area contributed by atoms with Crippen LogP contribution in [0.5, 0.6) is 5.75 Å². The van der Waals surface area contributed by atoms with E-state index in [4.69, 9.17) is 21.4 Å². The highest BCUT2D eigenvalue weighted by atomic mass is 35.5. The third-order valence-corrected chi connectivity index (χ3v) is 2.91. The number of hydrogen-bond donors (Lipinski definition) is 1. The Bertz CT molecular complexity index is 653. The first-order valence-electron chi connectivity index (χ1n) is 5.18. The van der Waals surface area contributed by atoms with Gasteiger partial charge in [-0.1, -0.05) is 16.8 Å². The molecule has 1 heterocycles. The molecule has 0 fully saturated rings. The number of carboxylic acid groups (broad SMARTS) is 1. The van der Waals surface area contributed by atoms with Crippen molar-refractivity contribution in [1.82, 2.24) is 5.16 Å². The van der Waals surface area contributed by atoms with Crippen molar-refractivity contribution in [1.29, 1.82) is 0 Å². The highest BCUT2D eigenvalue weighted by Crippen LogP contribution is 2.40. The van der Waals surface area contributed by atoms with Crippen molar-refractivity contribution in [2.45, 2.75) is 6.92 Å². The van der Waals surface area contributed by atoms with Crippen molar-refractivity contribution < 1.29 is 23.6 Å². The number of aryl methyl sites for hydroxylation is 1. The minimum Gasteiger partial charge on any atom is -0.496 e. The fourth-order valence-electron chi connectivity index (χ4n) is 1.72. The summed E-state index contributed by atoms with van der Waals surface area (Å²) in [7, 11) is 1.40. The van der Waals surface area contributed by atoms with Crippen LogP contribution in [0.15, 0.2) is 16.7 Å². The van der Waals surface area contributed by atoms with Crippen LogP contribution in [0.2, 0.25) is 5.02 Å². The largest absolute Gasteiger partial charge is 0.496 e. The summed E-state index contributed by atoms with van der Waals surface area (Å²) in [6.07, 6.45) is 0. The number of nitrogens with zero attached hydrogens (tertiary/aromatic N) is 1. The standard InChI is InChI=1S/C12H9ClFNO4/c1-5-3-6(14)10(13)9(11(5)18-2)7-4-8(12(16)17)19-15-7/h3-4H,1-2H3,(H,16,17). The van der Waals surface area contributed by atoms with Gasteiger partial charge in [-0.15, -0.1) is 0 Å². The predicted molar refractivity (Wildman–Crippen MR) is 65.2 cm³/mol. The van der Waals surface area contributed by atoms with Crippen LogP contribution >= 0.6 is 11.6 Å². The number of rotatable bonds is 3. The number of methoxy groups -OCH3 is 1. The lowest BCUT2D eigenvalue weighted by molar-refractivity contribution is 0.0652. The molecule has 2 rings (SSSR count). The number of halogens is 2. The molecule has 0 saturated heterocycles. The molecule has 0 aliphatic heterocycles. The van der Waals surface area contributed by atoms with Gasteiger partial charge in [0.15, 0.2) is 0 Å². The second-order valence-electron chi connectivity index (χ2n) is 3.78. The van der Waals surface area contributed by atoms with Crippen molar-refractivity contribution >= 4 is 17.6 Å². The molecule has 0 saturated carbocycles. The number of aromatic nitrogens is 1. The van der Waals surface area contributed by atoms with Gasteiger partial charge < -0.3 is 14.4 Å². The van der Waals surface area contributed by atoms with Crippen LogP contribution in [-0.4, -0.2) is 23.3 Å². The third kappa shape index (κ3) is 2.26. The number of ether oxygens (including phenoxy) is 1. The Balaban J connectivity index is 2.69. The summed E-state index contributed by atoms with van der Waals surface area (Å²) in [4.78, 5) is 10.7. The van der Waals surface area contributed by atoms with Gasteiger partial charge in [-0.25, -0.2) is 9.18 Å². The molecule has 1 aromatic heterocycles. The molecule has 2 aromatic rings. The average Bonchev–Trinajstić information content (AvgIpc) is 2.82. The Morgan fingerprint density at radius 1 is 1.53 bits per heavy atom. The molecule has 0 amide bonds. The number of carboxylic acids is 1. The van der Waals surface area contributed by atoms with E-state index in [1.54, 1.807) is 6.92 Å². The molecule has 1 aromatic carbocycles. The van der Waals surface area contributed by atoms with Gasteiger partial charge in [0, 0.05) is 6.07 Å². The van der Waals surface area contributed by atoms with Crippen LogP contribution in [0, 0.1) is 12.7 Å². The maximum absolute atomic E-state index is 13.6. The zero-order valence-electron chi connectivity index (χ0n) is 10.0. The van der Waals surface area contributed by atoms with E-state index in [0.717, 1.165) is 6.07 Å². The predicted octanol–water partition coefficient (Wildman–Crippen LogP) is 3.15. The molecule has 100 valence electrons. The third-order valence-electron chi connectivity index (χ3n) is 2.54. The molecule has 0 spiro atoms. The lowest BCUT2D eigenvalue weighted by Gasteiger charge is -2.11. The number of benzene rings is 1. The summed E-state index contributed by atoms with van der Waals surface area (Å²) in [6.45, 7) is 1.64. The Hall–Kier alpha value is -2.08. The molecular formula is C12H9ClFNO4. The van der Waals surface area contributed by atoms with Gasteiger partial charge >= 0.3 is 5.97 Å². The molecule has 0 atom stereocenters. The molecule has 1 N–H and O–H groups in total. The second-order valence-corrected chi connectivity index (χ2v) is 4.16. The summed E-state index contributed by atoms with van der Waals surface area (Å²) in [5.74, 6) is -1.97. The van der Waals surface area contributed by atoms with Crippen LogP contribution in [0.4, 0.5) is 4.39 Å². The van der Waals surface area contributed by atoms with E-state index in [0.29, 0.717) is 11.3 Å². The monoisotopic (exact) mass is 285 g/mol. The normalized spacial score (nSPS) is 10.5. The average molecular weight is 286 g/mol. The quantitative estimate of drug-likeness (QED) is 0.938. The van der Waals surface area contributed by atoms with Crippen molar-refractivity contribution in [3.63, 3.8) is 0 Å². The van der Waals surface area contributed by atoms with Crippen molar-refractivity contribution in [2.24, 2.45) is 0 Å². The highest BCUT2D eigenvalue weighted by molar-refractivity contribution is 6.33. The molecule has 19 heavy (non-hydrogen) atoms. The fraction of sp³-hybridized carbons (Fsp3) is 0.167. The molecule has 0 aliphatic carbocycles. The minimum atomic E-state index is -1.28. The molecule has 0 radical (unpaired) electrons. The Morgan fingerprint density at radius 3 is 2.74 bits per heavy atom. The van der Waals surface area contributed by atoms with Crippen molar-refractivity contribution in [2.75, 3.05) is 7.11 Å². The first-order chi connectivity index (χ1) is 8.95. The molecule has 0 unspecified atom stereocenters.